The molecule has 1 atom stereocenters. The van der Waals surface area contributed by atoms with Gasteiger partial charge < -0.3 is 0 Å². The average Bonchev–Trinajstić information content (AvgIpc) is 1.94. The fraction of sp³-hybridized carbons (Fsp3) is 0.429. The van der Waals surface area contributed by atoms with E-state index in [4.69, 9.17) is 11.6 Å². The van der Waals surface area contributed by atoms with Crippen LogP contribution in [0, 0.1) is 0 Å². The molecule has 0 aromatic heterocycles. The summed E-state index contributed by atoms with van der Waals surface area (Å²) < 4.78 is 0. The fourth-order valence-corrected chi connectivity index (χ4v) is 0.921. The van der Waals surface area contributed by atoms with Crippen molar-refractivity contribution in [2.45, 2.75) is 18.2 Å². The molecule has 0 N–H and O–H groups in total. The molecule has 1 aliphatic rings. The van der Waals surface area contributed by atoms with Gasteiger partial charge >= 0.3 is 0 Å². The lowest BCUT2D eigenvalue weighted by Crippen LogP contribution is -1.88. The highest BCUT2D eigenvalue weighted by Crippen LogP contribution is 2.10. The Morgan fingerprint density at radius 2 is 2.25 bits per heavy atom. The quantitative estimate of drug-likeness (QED) is 0.440. The van der Waals surface area contributed by atoms with Crippen LogP contribution in [0.15, 0.2) is 24.3 Å². The first kappa shape index (κ1) is 5.90. The Labute approximate surface area is 54.8 Å². The molecule has 0 radical (unpaired) electrons. The van der Waals surface area contributed by atoms with Gasteiger partial charge in [-0.25, -0.2) is 0 Å². The van der Waals surface area contributed by atoms with Gasteiger partial charge in [-0.2, -0.15) is 0 Å². The minimum absolute atomic E-state index is 0.255. The van der Waals surface area contributed by atoms with E-state index >= 15 is 0 Å². The van der Waals surface area contributed by atoms with E-state index in [-0.39, 0.29) is 5.38 Å². The van der Waals surface area contributed by atoms with Crippen LogP contribution in [-0.4, -0.2) is 5.38 Å². The van der Waals surface area contributed by atoms with Gasteiger partial charge in [-0.05, 0) is 12.8 Å². The van der Waals surface area contributed by atoms with E-state index in [1.165, 1.54) is 0 Å². The predicted molar refractivity (Wildman–Crippen MR) is 37.2 cm³/mol. The summed E-state index contributed by atoms with van der Waals surface area (Å²) in [6.07, 6.45) is 10.4. The molecule has 0 aliphatic heterocycles. The fourth-order valence-electron chi connectivity index (χ4n) is 0.711. The molecule has 0 heterocycles. The summed E-state index contributed by atoms with van der Waals surface area (Å²) in [6.45, 7) is 0. The third kappa shape index (κ3) is 1.71. The van der Waals surface area contributed by atoms with Gasteiger partial charge in [0, 0.05) is 0 Å². The Bertz CT molecular complexity index is 114. The van der Waals surface area contributed by atoms with Crippen molar-refractivity contribution in [2.24, 2.45) is 0 Å². The molecular formula is C7H9Cl. The molecule has 0 saturated heterocycles. The zero-order valence-electron chi connectivity index (χ0n) is 4.68. The van der Waals surface area contributed by atoms with Gasteiger partial charge in [0.2, 0.25) is 0 Å². The monoisotopic (exact) mass is 128 g/mol. The Hall–Kier alpha value is -0.230. The molecule has 8 heavy (non-hydrogen) atoms. The molecule has 1 rings (SSSR count). The highest BCUT2D eigenvalue weighted by Gasteiger charge is 1.97. The van der Waals surface area contributed by atoms with Crippen LogP contribution in [0.1, 0.15) is 12.8 Å². The minimum atomic E-state index is 0.255. The first-order chi connectivity index (χ1) is 3.89. The summed E-state index contributed by atoms with van der Waals surface area (Å²) in [5.74, 6) is 0. The molecule has 1 unspecified atom stereocenters. The van der Waals surface area contributed by atoms with Crippen LogP contribution in [-0.2, 0) is 0 Å². The Morgan fingerprint density at radius 1 is 1.38 bits per heavy atom. The maximum atomic E-state index is 5.79. The first-order valence-corrected chi connectivity index (χ1v) is 3.30. The van der Waals surface area contributed by atoms with Crippen LogP contribution in [0.5, 0.6) is 0 Å². The number of allylic oxidation sites excluding steroid dienone is 4. The van der Waals surface area contributed by atoms with E-state index in [2.05, 4.69) is 6.08 Å². The van der Waals surface area contributed by atoms with E-state index in [0.29, 0.717) is 0 Å². The topological polar surface area (TPSA) is 0 Å². The Morgan fingerprint density at radius 3 is 3.12 bits per heavy atom. The number of halogens is 1. The van der Waals surface area contributed by atoms with Gasteiger partial charge in [0.05, 0.1) is 5.38 Å². The molecule has 44 valence electrons. The van der Waals surface area contributed by atoms with Crippen LogP contribution in [0.2, 0.25) is 0 Å². The molecule has 0 saturated carbocycles. The average molecular weight is 129 g/mol. The molecule has 0 aromatic carbocycles. The first-order valence-electron chi connectivity index (χ1n) is 2.87. The lowest BCUT2D eigenvalue weighted by molar-refractivity contribution is 0.882. The molecular weight excluding hydrogens is 120 g/mol. The summed E-state index contributed by atoms with van der Waals surface area (Å²) in [5.41, 5.74) is 0. The molecule has 0 spiro atoms. The summed E-state index contributed by atoms with van der Waals surface area (Å²) in [6, 6.07) is 0. The predicted octanol–water partition coefficient (Wildman–Crippen LogP) is 2.50. The van der Waals surface area contributed by atoms with E-state index in [1.807, 2.05) is 18.2 Å². The molecule has 0 fully saturated rings. The van der Waals surface area contributed by atoms with Crippen molar-refractivity contribution in [2.75, 3.05) is 0 Å². The standard InChI is InChI=1S/C7H9Cl/c8-7-5-3-1-2-4-6-7/h1-3,5,7H,4,6H2. The van der Waals surface area contributed by atoms with Crippen LogP contribution in [0.25, 0.3) is 0 Å². The van der Waals surface area contributed by atoms with Gasteiger partial charge in [0.15, 0.2) is 0 Å². The van der Waals surface area contributed by atoms with E-state index in [9.17, 15) is 0 Å². The maximum Gasteiger partial charge on any atom is 0.0522 e. The second-order valence-corrected chi connectivity index (χ2v) is 2.47. The molecule has 0 amide bonds. The zero-order valence-corrected chi connectivity index (χ0v) is 5.43. The third-order valence-electron chi connectivity index (χ3n) is 1.18. The van der Waals surface area contributed by atoms with Crippen molar-refractivity contribution >= 4 is 11.6 Å². The largest absolute Gasteiger partial charge is 0.118 e. The summed E-state index contributed by atoms with van der Waals surface area (Å²) >= 11 is 5.79. The van der Waals surface area contributed by atoms with Crippen molar-refractivity contribution in [1.82, 2.24) is 0 Å². The zero-order chi connectivity index (χ0) is 5.82. The number of alkyl halides is 1. The third-order valence-corrected chi connectivity index (χ3v) is 1.54. The van der Waals surface area contributed by atoms with E-state index in [0.717, 1.165) is 12.8 Å². The smallest absolute Gasteiger partial charge is 0.0522 e. The Kier molecular flexibility index (Phi) is 2.16. The van der Waals surface area contributed by atoms with Gasteiger partial charge in [-0.1, -0.05) is 24.3 Å². The normalized spacial score (nSPS) is 27.9. The van der Waals surface area contributed by atoms with Crippen molar-refractivity contribution < 1.29 is 0 Å². The molecule has 0 bridgehead atoms. The van der Waals surface area contributed by atoms with Crippen LogP contribution in [0.4, 0.5) is 0 Å². The minimum Gasteiger partial charge on any atom is -0.118 e. The molecule has 1 aliphatic carbocycles. The highest BCUT2D eigenvalue weighted by molar-refractivity contribution is 6.21. The van der Waals surface area contributed by atoms with Gasteiger partial charge in [0.1, 0.15) is 0 Å². The van der Waals surface area contributed by atoms with Crippen molar-refractivity contribution in [3.05, 3.63) is 24.3 Å². The highest BCUT2D eigenvalue weighted by atomic mass is 35.5. The summed E-state index contributed by atoms with van der Waals surface area (Å²) in [4.78, 5) is 0. The van der Waals surface area contributed by atoms with Crippen LogP contribution >= 0.6 is 11.6 Å². The van der Waals surface area contributed by atoms with E-state index in [1.54, 1.807) is 0 Å². The lowest BCUT2D eigenvalue weighted by atomic mass is 10.2. The lowest BCUT2D eigenvalue weighted by Gasteiger charge is -1.95. The van der Waals surface area contributed by atoms with Crippen molar-refractivity contribution in [3.8, 4) is 0 Å². The van der Waals surface area contributed by atoms with E-state index < -0.39 is 0 Å². The second-order valence-electron chi connectivity index (χ2n) is 1.91. The Balaban J connectivity index is 2.46. The van der Waals surface area contributed by atoms with Crippen LogP contribution in [0.3, 0.4) is 0 Å². The summed E-state index contributed by atoms with van der Waals surface area (Å²) in [5, 5.41) is 0.255. The number of hydrogen-bond donors (Lipinski definition) is 0. The van der Waals surface area contributed by atoms with Gasteiger partial charge in [-0.15, -0.1) is 11.6 Å². The summed E-state index contributed by atoms with van der Waals surface area (Å²) in [7, 11) is 0. The SMILES string of the molecule is ClC1C=CC=CCC1. The number of hydrogen-bond acceptors (Lipinski definition) is 0. The maximum absolute atomic E-state index is 5.79. The number of rotatable bonds is 0. The van der Waals surface area contributed by atoms with Crippen LogP contribution < -0.4 is 0 Å². The van der Waals surface area contributed by atoms with Gasteiger partial charge in [-0.3, -0.25) is 0 Å². The molecule has 1 heteroatoms. The second kappa shape index (κ2) is 2.93. The molecule has 0 nitrogen and oxygen atoms in total. The molecule has 0 aromatic rings. The van der Waals surface area contributed by atoms with Gasteiger partial charge in [0.25, 0.3) is 0 Å². The van der Waals surface area contributed by atoms with Crippen molar-refractivity contribution in [3.63, 3.8) is 0 Å². The van der Waals surface area contributed by atoms with Crippen molar-refractivity contribution in [1.29, 1.82) is 0 Å².